The monoisotopic (exact) mass is 920 g/mol. The van der Waals surface area contributed by atoms with Crippen molar-refractivity contribution in [2.75, 3.05) is 139 Å². The maximum atomic E-state index is 14.0. The number of hydrogen-bond acceptors (Lipinski definition) is 18. The standard InChI is InChI=1S/C43H68N8O14/c1-29(52)60-28-35-40(61-30(2)53)41(62-31(3)54)42(63-32(4)55)43(65-35)64-34-14-12-33(13-15-34)47(11)39(59)27-51-22-20-49(25-37(57)45(7)8)18-16-48(24-36(56)44(5)6)17-19-50(21-23-51)26-38(58)46(9)10/h12-15,35,40-43H,16-28H2,1-11H3/t35-,40-,41+,42-,43-/m1/s1. The highest BCUT2D eigenvalue weighted by Crippen LogP contribution is 2.31. The van der Waals surface area contributed by atoms with E-state index in [1.807, 2.05) is 19.6 Å². The van der Waals surface area contributed by atoms with E-state index >= 15 is 0 Å². The maximum Gasteiger partial charge on any atom is 0.303 e. The first-order chi connectivity index (χ1) is 30.5. The van der Waals surface area contributed by atoms with E-state index in [0.29, 0.717) is 58.0 Å². The highest BCUT2D eigenvalue weighted by Gasteiger charge is 2.53. The van der Waals surface area contributed by atoms with Crippen LogP contribution in [-0.2, 0) is 62.0 Å². The Labute approximate surface area is 381 Å². The molecule has 5 atom stereocenters. The van der Waals surface area contributed by atoms with Crippen molar-refractivity contribution in [2.45, 2.75) is 58.4 Å². The second-order valence-corrected chi connectivity index (χ2v) is 16.6. The van der Waals surface area contributed by atoms with E-state index in [2.05, 4.69) is 0 Å². The Morgan fingerprint density at radius 3 is 1.22 bits per heavy atom. The summed E-state index contributed by atoms with van der Waals surface area (Å²) >= 11 is 0. The van der Waals surface area contributed by atoms with Gasteiger partial charge in [-0.15, -0.1) is 0 Å². The van der Waals surface area contributed by atoms with Gasteiger partial charge < -0.3 is 48.0 Å². The number of esters is 4. The molecular formula is C43H68N8O14. The summed E-state index contributed by atoms with van der Waals surface area (Å²) in [4.78, 5) is 115. The topological polar surface area (TPSA) is 218 Å². The molecule has 4 amide bonds. The molecular weight excluding hydrogens is 853 g/mol. The first-order valence-corrected chi connectivity index (χ1v) is 21.4. The average molecular weight is 921 g/mol. The van der Waals surface area contributed by atoms with Crippen molar-refractivity contribution >= 4 is 53.2 Å². The zero-order valence-corrected chi connectivity index (χ0v) is 39.7. The van der Waals surface area contributed by atoms with E-state index in [9.17, 15) is 38.4 Å². The van der Waals surface area contributed by atoms with Crippen LogP contribution >= 0.6 is 0 Å². The second kappa shape index (κ2) is 25.9. The fourth-order valence-corrected chi connectivity index (χ4v) is 6.82. The van der Waals surface area contributed by atoms with Gasteiger partial charge in [0.05, 0.1) is 26.2 Å². The number of amides is 4. The molecule has 2 aliphatic heterocycles. The number of benzene rings is 1. The van der Waals surface area contributed by atoms with Crippen molar-refractivity contribution < 1.29 is 66.8 Å². The molecule has 0 bridgehead atoms. The van der Waals surface area contributed by atoms with Crippen LogP contribution in [0.5, 0.6) is 5.75 Å². The minimum atomic E-state index is -1.45. The number of carbonyl (C=O) groups is 8. The van der Waals surface area contributed by atoms with Crippen molar-refractivity contribution in [1.29, 1.82) is 0 Å². The van der Waals surface area contributed by atoms with Gasteiger partial charge in [0, 0.05) is 135 Å². The van der Waals surface area contributed by atoms with Crippen LogP contribution in [0, 0.1) is 0 Å². The normalized spacial score (nSPS) is 21.6. The zero-order valence-electron chi connectivity index (χ0n) is 39.7. The van der Waals surface area contributed by atoms with Crippen molar-refractivity contribution in [2.24, 2.45) is 0 Å². The van der Waals surface area contributed by atoms with Gasteiger partial charge in [0.2, 0.25) is 36.0 Å². The van der Waals surface area contributed by atoms with Gasteiger partial charge in [-0.2, -0.15) is 0 Å². The Kier molecular flexibility index (Phi) is 21.5. The molecule has 0 aliphatic carbocycles. The molecule has 1 aromatic carbocycles. The predicted molar refractivity (Wildman–Crippen MR) is 234 cm³/mol. The molecule has 3 rings (SSSR count). The number of likely N-dealkylation sites (N-methyl/N-ethyl adjacent to an activating group) is 4. The van der Waals surface area contributed by atoms with Crippen molar-refractivity contribution in [3.05, 3.63) is 24.3 Å². The molecule has 0 unspecified atom stereocenters. The van der Waals surface area contributed by atoms with E-state index in [4.69, 9.17) is 28.4 Å². The fraction of sp³-hybridized carbons (Fsp3) is 0.674. The van der Waals surface area contributed by atoms with Crippen LogP contribution in [0.4, 0.5) is 5.69 Å². The number of carbonyl (C=O) groups excluding carboxylic acids is 8. The first-order valence-electron chi connectivity index (χ1n) is 21.4. The van der Waals surface area contributed by atoms with Crippen LogP contribution in [-0.4, -0.2) is 247 Å². The number of nitrogens with zero attached hydrogens (tertiary/aromatic N) is 8. The van der Waals surface area contributed by atoms with Crippen molar-refractivity contribution in [3.63, 3.8) is 0 Å². The van der Waals surface area contributed by atoms with Gasteiger partial charge in [0.1, 0.15) is 18.5 Å². The third-order valence-electron chi connectivity index (χ3n) is 10.7. The van der Waals surface area contributed by atoms with Gasteiger partial charge in [-0.05, 0) is 24.3 Å². The lowest BCUT2D eigenvalue weighted by Gasteiger charge is -2.43. The van der Waals surface area contributed by atoms with Crippen molar-refractivity contribution in [3.8, 4) is 5.75 Å². The Morgan fingerprint density at radius 2 is 0.862 bits per heavy atom. The summed E-state index contributed by atoms with van der Waals surface area (Å²) in [5.74, 6) is -3.24. The lowest BCUT2D eigenvalue weighted by molar-refractivity contribution is -0.288. The molecule has 0 aromatic heterocycles. The molecule has 22 heteroatoms. The van der Waals surface area contributed by atoms with Crippen molar-refractivity contribution in [1.82, 2.24) is 34.3 Å². The Hall–Kier alpha value is -5.42. The highest BCUT2D eigenvalue weighted by molar-refractivity contribution is 5.94. The minimum absolute atomic E-state index is 0.00782. The van der Waals surface area contributed by atoms with Crippen LogP contribution in [0.3, 0.4) is 0 Å². The van der Waals surface area contributed by atoms with E-state index < -0.39 is 61.2 Å². The molecule has 0 saturated carbocycles. The summed E-state index contributed by atoms with van der Waals surface area (Å²) in [6.07, 6.45) is -6.84. The van der Waals surface area contributed by atoms with Gasteiger partial charge in [-0.25, -0.2) is 0 Å². The second-order valence-electron chi connectivity index (χ2n) is 16.6. The van der Waals surface area contributed by atoms with Crippen LogP contribution in [0.25, 0.3) is 0 Å². The van der Waals surface area contributed by atoms with Gasteiger partial charge in [-0.3, -0.25) is 58.0 Å². The van der Waals surface area contributed by atoms with E-state index in [1.165, 1.54) is 26.5 Å². The largest absolute Gasteiger partial charge is 0.463 e. The van der Waals surface area contributed by atoms with Crippen LogP contribution in [0.15, 0.2) is 24.3 Å². The summed E-state index contributed by atoms with van der Waals surface area (Å²) in [7, 11) is 11.8. The number of hydrogen-bond donors (Lipinski definition) is 0. The van der Waals surface area contributed by atoms with E-state index in [-0.39, 0.29) is 55.6 Å². The minimum Gasteiger partial charge on any atom is -0.463 e. The highest BCUT2D eigenvalue weighted by atomic mass is 16.7. The Morgan fingerprint density at radius 1 is 0.508 bits per heavy atom. The third-order valence-corrected chi connectivity index (χ3v) is 10.7. The molecule has 1 aromatic rings. The summed E-state index contributed by atoms with van der Waals surface area (Å²) in [5.41, 5.74) is 0.502. The molecule has 2 heterocycles. The molecule has 2 saturated heterocycles. The first kappa shape index (κ1) is 53.9. The zero-order chi connectivity index (χ0) is 48.5. The van der Waals surface area contributed by atoms with Gasteiger partial charge >= 0.3 is 23.9 Å². The SMILES string of the molecule is CC(=O)OC[C@H]1O[C@@H](Oc2ccc(N(C)C(=O)CN3CCN(CC(=O)N(C)C)CCN(CC(=O)N(C)C)CCN(CC(=O)N(C)C)CC3)cc2)[C@H](OC(C)=O)[C@@H](OC(C)=O)[C@@H]1OC(C)=O. The number of anilines is 1. The van der Waals surface area contributed by atoms with E-state index in [0.717, 1.165) is 20.8 Å². The Balaban J connectivity index is 1.85. The van der Waals surface area contributed by atoms with Crippen LogP contribution in [0.2, 0.25) is 0 Å². The predicted octanol–water partition coefficient (Wildman–Crippen LogP) is -1.40. The molecule has 22 nitrogen and oxygen atoms in total. The van der Waals surface area contributed by atoms with E-state index in [1.54, 1.807) is 73.6 Å². The lowest BCUT2D eigenvalue weighted by atomic mass is 9.98. The third kappa shape index (κ3) is 18.2. The molecule has 2 fully saturated rings. The molecule has 2 aliphatic rings. The molecule has 0 spiro atoms. The summed E-state index contributed by atoms with van der Waals surface area (Å²) in [5, 5.41) is 0. The lowest BCUT2D eigenvalue weighted by Crippen LogP contribution is -2.63. The number of ether oxygens (including phenoxy) is 6. The maximum absolute atomic E-state index is 14.0. The molecule has 364 valence electrons. The average Bonchev–Trinajstić information content (AvgIpc) is 3.22. The Bertz CT molecular complexity index is 1760. The fourth-order valence-electron chi connectivity index (χ4n) is 6.82. The quantitative estimate of drug-likeness (QED) is 0.138. The summed E-state index contributed by atoms with van der Waals surface area (Å²) < 4.78 is 33.8. The van der Waals surface area contributed by atoms with Crippen LogP contribution < -0.4 is 9.64 Å². The van der Waals surface area contributed by atoms with Crippen LogP contribution in [0.1, 0.15) is 27.7 Å². The van der Waals surface area contributed by atoms with Gasteiger partial charge in [0.25, 0.3) is 0 Å². The van der Waals surface area contributed by atoms with Gasteiger partial charge in [-0.1, -0.05) is 0 Å². The molecule has 0 N–H and O–H groups in total. The number of rotatable bonds is 16. The summed E-state index contributed by atoms with van der Waals surface area (Å²) in [6, 6.07) is 6.37. The summed E-state index contributed by atoms with van der Waals surface area (Å²) in [6.45, 7) is 8.38. The molecule has 65 heavy (non-hydrogen) atoms. The smallest absolute Gasteiger partial charge is 0.303 e. The van der Waals surface area contributed by atoms with Gasteiger partial charge in [0.15, 0.2) is 12.2 Å². The molecule has 0 radical (unpaired) electrons.